The van der Waals surface area contributed by atoms with Crippen LogP contribution >= 0.6 is 0 Å². The van der Waals surface area contributed by atoms with Gasteiger partial charge in [0.2, 0.25) is 0 Å². The molecule has 11 heavy (non-hydrogen) atoms. The summed E-state index contributed by atoms with van der Waals surface area (Å²) in [5.74, 6) is 0. The van der Waals surface area contributed by atoms with E-state index in [0.29, 0.717) is 0 Å². The number of nitrogens with zero attached hydrogens (tertiary/aromatic N) is 1. The molecule has 2 nitrogen and oxygen atoms in total. The zero-order chi connectivity index (χ0) is 8.32. The first kappa shape index (κ1) is 8.41. The van der Waals surface area contributed by atoms with Gasteiger partial charge in [0.15, 0.2) is 0 Å². The minimum absolute atomic E-state index is 0.161. The summed E-state index contributed by atoms with van der Waals surface area (Å²) in [6.07, 6.45) is -2.22. The van der Waals surface area contributed by atoms with Crippen LogP contribution in [0.1, 0.15) is 12.8 Å². The molecule has 0 N–H and O–H groups in total. The van der Waals surface area contributed by atoms with Gasteiger partial charge in [-0.25, -0.2) is 15.4 Å². The fourth-order valence-corrected chi connectivity index (χ4v) is 1.10. The summed E-state index contributed by atoms with van der Waals surface area (Å²) in [4.78, 5) is 3.00. The van der Waals surface area contributed by atoms with Gasteiger partial charge in [0.25, 0.3) is 5.54 Å². The molecule has 0 spiro atoms. The molecule has 0 aliphatic carbocycles. The quantitative estimate of drug-likeness (QED) is 0.534. The van der Waals surface area contributed by atoms with E-state index in [0.717, 1.165) is 0 Å². The Hall–Kier alpha value is -0.690. The second-order valence-corrected chi connectivity index (χ2v) is 2.63. The van der Waals surface area contributed by atoms with Crippen molar-refractivity contribution < 1.29 is 13.5 Å². The zero-order valence-corrected chi connectivity index (χ0v) is 6.02. The van der Waals surface area contributed by atoms with Crippen molar-refractivity contribution in [2.24, 2.45) is 0 Å². The van der Waals surface area contributed by atoms with Gasteiger partial charge in [0.05, 0.1) is 26.1 Å². The van der Waals surface area contributed by atoms with Gasteiger partial charge in [-0.05, 0) is 0 Å². The van der Waals surface area contributed by atoms with Gasteiger partial charge in [0, 0.05) is 0 Å². The van der Waals surface area contributed by atoms with Gasteiger partial charge in [-0.1, -0.05) is 0 Å². The highest BCUT2D eigenvalue weighted by Crippen LogP contribution is 2.31. The predicted molar refractivity (Wildman–Crippen MR) is 35.4 cm³/mol. The molecule has 0 radical (unpaired) electrons. The van der Waals surface area contributed by atoms with E-state index in [1.165, 1.54) is 0 Å². The first-order valence-electron chi connectivity index (χ1n) is 3.46. The van der Waals surface area contributed by atoms with Crippen LogP contribution in [0.3, 0.4) is 0 Å². The summed E-state index contributed by atoms with van der Waals surface area (Å²) in [5.41, 5.74) is -1.45. The fourth-order valence-electron chi connectivity index (χ4n) is 1.10. The monoisotopic (exact) mass is 161 g/mol. The largest absolute Gasteiger partial charge is 0.381 e. The number of hydrogen-bond acceptors (Lipinski definition) is 1. The van der Waals surface area contributed by atoms with Crippen molar-refractivity contribution >= 4 is 0 Å². The summed E-state index contributed by atoms with van der Waals surface area (Å²) in [5, 5.41) is 0. The minimum Gasteiger partial charge on any atom is -0.381 e. The molecular formula is C7H9F2NO. The molecular weight excluding hydrogens is 152 g/mol. The second kappa shape index (κ2) is 3.14. The predicted octanol–water partition coefficient (Wildman–Crippen LogP) is 1.72. The lowest BCUT2D eigenvalue weighted by atomic mass is 9.92. The highest BCUT2D eigenvalue weighted by molar-refractivity contribution is 5.02. The SMILES string of the molecule is [C-]#[N+]C1(C(F)F)CCOCC1. The minimum atomic E-state index is -2.54. The Balaban J connectivity index is 2.67. The third-order valence-corrected chi connectivity index (χ3v) is 1.99. The van der Waals surface area contributed by atoms with E-state index in [4.69, 9.17) is 11.3 Å². The van der Waals surface area contributed by atoms with Gasteiger partial charge >= 0.3 is 6.43 Å². The first-order chi connectivity index (χ1) is 5.21. The first-order valence-corrected chi connectivity index (χ1v) is 3.46. The van der Waals surface area contributed by atoms with E-state index in [1.807, 2.05) is 0 Å². The van der Waals surface area contributed by atoms with Gasteiger partial charge in [-0.3, -0.25) is 0 Å². The van der Waals surface area contributed by atoms with Crippen molar-refractivity contribution in [1.82, 2.24) is 0 Å². The maximum absolute atomic E-state index is 12.3. The summed E-state index contributed by atoms with van der Waals surface area (Å²) >= 11 is 0. The van der Waals surface area contributed by atoms with E-state index in [2.05, 4.69) is 4.85 Å². The van der Waals surface area contributed by atoms with Crippen LogP contribution in [0.4, 0.5) is 8.78 Å². The van der Waals surface area contributed by atoms with Gasteiger partial charge < -0.3 is 9.58 Å². The lowest BCUT2D eigenvalue weighted by molar-refractivity contribution is -0.00893. The van der Waals surface area contributed by atoms with Crippen molar-refractivity contribution in [3.05, 3.63) is 11.4 Å². The molecule has 0 aromatic heterocycles. The topological polar surface area (TPSA) is 13.6 Å². The van der Waals surface area contributed by atoms with Crippen molar-refractivity contribution in [2.75, 3.05) is 13.2 Å². The van der Waals surface area contributed by atoms with E-state index in [1.54, 1.807) is 0 Å². The summed E-state index contributed by atoms with van der Waals surface area (Å²) < 4.78 is 29.5. The van der Waals surface area contributed by atoms with Crippen LogP contribution in [0.25, 0.3) is 4.85 Å². The Bertz CT molecular complexity index is 170. The van der Waals surface area contributed by atoms with Crippen LogP contribution < -0.4 is 0 Å². The zero-order valence-electron chi connectivity index (χ0n) is 6.02. The molecule has 1 heterocycles. The van der Waals surface area contributed by atoms with Crippen LogP contribution in [0, 0.1) is 6.57 Å². The molecule has 4 heteroatoms. The van der Waals surface area contributed by atoms with Gasteiger partial charge in [-0.2, -0.15) is 0 Å². The molecule has 0 amide bonds. The Morgan fingerprint density at radius 2 is 1.91 bits per heavy atom. The normalized spacial score (nSPS) is 23.1. The van der Waals surface area contributed by atoms with Crippen molar-refractivity contribution in [3.8, 4) is 0 Å². The molecule has 0 unspecified atom stereocenters. The third-order valence-electron chi connectivity index (χ3n) is 1.99. The Kier molecular flexibility index (Phi) is 2.40. The van der Waals surface area contributed by atoms with Gasteiger partial charge in [0.1, 0.15) is 0 Å². The number of rotatable bonds is 1. The molecule has 0 aromatic rings. The van der Waals surface area contributed by atoms with Crippen LogP contribution in [0.5, 0.6) is 0 Å². The van der Waals surface area contributed by atoms with E-state index < -0.39 is 12.0 Å². The molecule has 0 aromatic carbocycles. The van der Waals surface area contributed by atoms with E-state index in [9.17, 15) is 8.78 Å². The molecule has 1 aliphatic rings. The third kappa shape index (κ3) is 1.48. The smallest absolute Gasteiger partial charge is 0.314 e. The molecule has 1 fully saturated rings. The molecule has 0 saturated carbocycles. The van der Waals surface area contributed by atoms with Crippen LogP contribution in [-0.2, 0) is 4.74 Å². The van der Waals surface area contributed by atoms with E-state index in [-0.39, 0.29) is 26.1 Å². The Morgan fingerprint density at radius 1 is 1.36 bits per heavy atom. The lowest BCUT2D eigenvalue weighted by Crippen LogP contribution is -2.39. The summed E-state index contributed by atoms with van der Waals surface area (Å²) in [7, 11) is 0. The van der Waals surface area contributed by atoms with Crippen LogP contribution in [0.2, 0.25) is 0 Å². The Labute approximate surface area is 64.0 Å². The number of halogens is 2. The highest BCUT2D eigenvalue weighted by Gasteiger charge is 2.48. The van der Waals surface area contributed by atoms with E-state index >= 15 is 0 Å². The van der Waals surface area contributed by atoms with Crippen molar-refractivity contribution in [3.63, 3.8) is 0 Å². The highest BCUT2D eigenvalue weighted by atomic mass is 19.3. The van der Waals surface area contributed by atoms with Crippen molar-refractivity contribution in [2.45, 2.75) is 24.8 Å². The molecule has 1 rings (SSSR count). The summed E-state index contributed by atoms with van der Waals surface area (Å²) in [6.45, 7) is 7.23. The maximum Gasteiger partial charge on any atom is 0.314 e. The molecule has 62 valence electrons. The van der Waals surface area contributed by atoms with Crippen LogP contribution in [0.15, 0.2) is 0 Å². The fraction of sp³-hybridized carbons (Fsp3) is 0.857. The molecule has 0 bridgehead atoms. The van der Waals surface area contributed by atoms with Gasteiger partial charge in [-0.15, -0.1) is 0 Å². The van der Waals surface area contributed by atoms with Crippen molar-refractivity contribution in [1.29, 1.82) is 0 Å². The number of ether oxygens (including phenoxy) is 1. The lowest BCUT2D eigenvalue weighted by Gasteiger charge is -2.24. The number of hydrogen-bond donors (Lipinski definition) is 0. The van der Waals surface area contributed by atoms with Crippen LogP contribution in [-0.4, -0.2) is 25.2 Å². The second-order valence-electron chi connectivity index (χ2n) is 2.63. The standard InChI is InChI=1S/C7H9F2NO/c1-10-7(6(8)9)2-4-11-5-3-7/h6H,2-5H2. The molecule has 0 atom stereocenters. The summed E-state index contributed by atoms with van der Waals surface area (Å²) in [6, 6.07) is 0. The maximum atomic E-state index is 12.3. The number of alkyl halides is 2. The Morgan fingerprint density at radius 3 is 2.18 bits per heavy atom. The molecule has 1 saturated heterocycles. The molecule has 1 aliphatic heterocycles. The average Bonchev–Trinajstić information content (AvgIpc) is 2.05. The average molecular weight is 161 g/mol.